The van der Waals surface area contributed by atoms with Crippen molar-refractivity contribution in [3.8, 4) is 0 Å². The molecule has 0 bridgehead atoms. The van der Waals surface area contributed by atoms with E-state index >= 15 is 0 Å². The molecule has 0 saturated carbocycles. The van der Waals surface area contributed by atoms with E-state index < -0.39 is 0 Å². The third-order valence-corrected chi connectivity index (χ3v) is 1.90. The summed E-state index contributed by atoms with van der Waals surface area (Å²) in [6.07, 6.45) is 3.16. The molecule has 0 radical (unpaired) electrons. The SMILES string of the molecule is c1cc(CN2CCC2)[nH]n1. The van der Waals surface area contributed by atoms with Gasteiger partial charge in [0.15, 0.2) is 0 Å². The lowest BCUT2D eigenvalue weighted by Crippen LogP contribution is -2.36. The fourth-order valence-electron chi connectivity index (χ4n) is 1.15. The fraction of sp³-hybridized carbons (Fsp3) is 0.571. The minimum Gasteiger partial charge on any atom is -0.297 e. The second-order valence-electron chi connectivity index (χ2n) is 2.71. The summed E-state index contributed by atoms with van der Waals surface area (Å²) in [4.78, 5) is 2.40. The standard InChI is InChI=1S/C7H11N3/c1-4-10(5-1)6-7-2-3-8-9-7/h2-3H,1,4-6H2,(H,8,9). The van der Waals surface area contributed by atoms with Crippen LogP contribution in [0, 0.1) is 0 Å². The molecule has 2 heterocycles. The summed E-state index contributed by atoms with van der Waals surface area (Å²) in [7, 11) is 0. The second kappa shape index (κ2) is 2.42. The normalized spacial score (nSPS) is 18.8. The summed E-state index contributed by atoms with van der Waals surface area (Å²) in [6.45, 7) is 3.54. The van der Waals surface area contributed by atoms with E-state index in [-0.39, 0.29) is 0 Å². The Morgan fingerprint density at radius 2 is 2.50 bits per heavy atom. The molecule has 0 unspecified atom stereocenters. The zero-order valence-electron chi connectivity index (χ0n) is 5.88. The Kier molecular flexibility index (Phi) is 1.43. The van der Waals surface area contributed by atoms with Crippen molar-refractivity contribution in [1.82, 2.24) is 15.1 Å². The Bertz CT molecular complexity index is 189. The highest BCUT2D eigenvalue weighted by molar-refractivity contribution is 4.97. The van der Waals surface area contributed by atoms with Crippen LogP contribution in [-0.4, -0.2) is 28.2 Å². The van der Waals surface area contributed by atoms with E-state index in [1.165, 1.54) is 25.2 Å². The molecule has 2 rings (SSSR count). The van der Waals surface area contributed by atoms with Gasteiger partial charge in [-0.15, -0.1) is 0 Å². The van der Waals surface area contributed by atoms with E-state index in [1.807, 2.05) is 6.07 Å². The molecule has 1 aromatic rings. The van der Waals surface area contributed by atoms with Gasteiger partial charge in [-0.1, -0.05) is 0 Å². The molecule has 10 heavy (non-hydrogen) atoms. The van der Waals surface area contributed by atoms with Gasteiger partial charge in [0.2, 0.25) is 0 Å². The second-order valence-corrected chi connectivity index (χ2v) is 2.71. The van der Waals surface area contributed by atoms with E-state index in [0.29, 0.717) is 0 Å². The number of hydrogen-bond acceptors (Lipinski definition) is 2. The van der Waals surface area contributed by atoms with Gasteiger partial charge in [0, 0.05) is 18.4 Å². The van der Waals surface area contributed by atoms with Crippen LogP contribution < -0.4 is 0 Å². The zero-order chi connectivity index (χ0) is 6.81. The van der Waals surface area contributed by atoms with Crippen molar-refractivity contribution in [2.75, 3.05) is 13.1 Å². The van der Waals surface area contributed by atoms with E-state index in [4.69, 9.17) is 0 Å². The van der Waals surface area contributed by atoms with Crippen LogP contribution >= 0.6 is 0 Å². The summed E-state index contributed by atoms with van der Waals surface area (Å²) in [6, 6.07) is 2.03. The maximum Gasteiger partial charge on any atom is 0.0492 e. The molecule has 0 aromatic carbocycles. The van der Waals surface area contributed by atoms with Gasteiger partial charge in [0.25, 0.3) is 0 Å². The molecular weight excluding hydrogens is 126 g/mol. The molecule has 1 N–H and O–H groups in total. The van der Waals surface area contributed by atoms with E-state index in [9.17, 15) is 0 Å². The molecule has 1 aliphatic heterocycles. The highest BCUT2D eigenvalue weighted by Gasteiger charge is 2.13. The number of aromatic nitrogens is 2. The molecule has 0 atom stereocenters. The number of hydrogen-bond donors (Lipinski definition) is 1. The molecule has 1 aromatic heterocycles. The first-order valence-electron chi connectivity index (χ1n) is 3.66. The number of nitrogens with zero attached hydrogens (tertiary/aromatic N) is 2. The van der Waals surface area contributed by atoms with Gasteiger partial charge in [-0.3, -0.25) is 10.00 Å². The van der Waals surface area contributed by atoms with E-state index in [2.05, 4.69) is 15.1 Å². The van der Waals surface area contributed by atoms with Gasteiger partial charge in [-0.2, -0.15) is 5.10 Å². The van der Waals surface area contributed by atoms with Crippen molar-refractivity contribution in [3.05, 3.63) is 18.0 Å². The van der Waals surface area contributed by atoms with Crippen molar-refractivity contribution in [2.24, 2.45) is 0 Å². The lowest BCUT2D eigenvalue weighted by molar-refractivity contribution is 0.170. The van der Waals surface area contributed by atoms with Crippen LogP contribution in [0.3, 0.4) is 0 Å². The van der Waals surface area contributed by atoms with Crippen LogP contribution in [-0.2, 0) is 6.54 Å². The van der Waals surface area contributed by atoms with Gasteiger partial charge in [0.1, 0.15) is 0 Å². The highest BCUT2D eigenvalue weighted by atomic mass is 15.2. The fourth-order valence-corrected chi connectivity index (χ4v) is 1.15. The van der Waals surface area contributed by atoms with Crippen molar-refractivity contribution >= 4 is 0 Å². The third-order valence-electron chi connectivity index (χ3n) is 1.90. The number of aromatic amines is 1. The molecule has 0 aliphatic carbocycles. The van der Waals surface area contributed by atoms with E-state index in [1.54, 1.807) is 6.20 Å². The molecule has 0 amide bonds. The lowest BCUT2D eigenvalue weighted by Gasteiger charge is -2.29. The monoisotopic (exact) mass is 137 g/mol. The highest BCUT2D eigenvalue weighted by Crippen LogP contribution is 2.09. The molecule has 1 fully saturated rings. The minimum atomic E-state index is 1.04. The topological polar surface area (TPSA) is 31.9 Å². The Morgan fingerprint density at radius 3 is 3.00 bits per heavy atom. The summed E-state index contributed by atoms with van der Waals surface area (Å²) in [5.74, 6) is 0. The number of likely N-dealkylation sites (tertiary alicyclic amines) is 1. The van der Waals surface area contributed by atoms with Crippen LogP contribution in [0.5, 0.6) is 0 Å². The van der Waals surface area contributed by atoms with Gasteiger partial charge in [0.05, 0.1) is 0 Å². The number of rotatable bonds is 2. The molecule has 54 valence electrons. The number of nitrogens with one attached hydrogen (secondary N) is 1. The maximum atomic E-state index is 3.88. The average molecular weight is 137 g/mol. The zero-order valence-corrected chi connectivity index (χ0v) is 5.88. The molecule has 1 aliphatic rings. The van der Waals surface area contributed by atoms with Crippen molar-refractivity contribution in [1.29, 1.82) is 0 Å². The average Bonchev–Trinajstić information content (AvgIpc) is 2.29. The quantitative estimate of drug-likeness (QED) is 0.647. The first-order valence-corrected chi connectivity index (χ1v) is 3.66. The molecule has 0 spiro atoms. The van der Waals surface area contributed by atoms with Crippen LogP contribution in [0.4, 0.5) is 0 Å². The van der Waals surface area contributed by atoms with Gasteiger partial charge < -0.3 is 0 Å². The summed E-state index contributed by atoms with van der Waals surface area (Å²) < 4.78 is 0. The summed E-state index contributed by atoms with van der Waals surface area (Å²) in [5.41, 5.74) is 1.22. The van der Waals surface area contributed by atoms with Crippen LogP contribution in [0.2, 0.25) is 0 Å². The van der Waals surface area contributed by atoms with Gasteiger partial charge in [-0.05, 0) is 25.6 Å². The molecule has 3 heteroatoms. The van der Waals surface area contributed by atoms with Gasteiger partial charge >= 0.3 is 0 Å². The van der Waals surface area contributed by atoms with E-state index in [0.717, 1.165) is 6.54 Å². The van der Waals surface area contributed by atoms with Crippen LogP contribution in [0.15, 0.2) is 12.3 Å². The lowest BCUT2D eigenvalue weighted by atomic mass is 10.2. The Balaban J connectivity index is 1.90. The minimum absolute atomic E-state index is 1.04. The molecule has 3 nitrogen and oxygen atoms in total. The van der Waals surface area contributed by atoms with Gasteiger partial charge in [-0.25, -0.2) is 0 Å². The first kappa shape index (κ1) is 5.92. The first-order chi connectivity index (χ1) is 4.95. The summed E-state index contributed by atoms with van der Waals surface area (Å²) in [5, 5.41) is 6.83. The van der Waals surface area contributed by atoms with Crippen molar-refractivity contribution in [2.45, 2.75) is 13.0 Å². The Labute approximate surface area is 60.0 Å². The molecular formula is C7H11N3. The third kappa shape index (κ3) is 1.04. The Hall–Kier alpha value is -0.830. The number of H-pyrrole nitrogens is 1. The predicted octanol–water partition coefficient (Wildman–Crippen LogP) is 0.615. The largest absolute Gasteiger partial charge is 0.297 e. The van der Waals surface area contributed by atoms with Crippen molar-refractivity contribution in [3.63, 3.8) is 0 Å². The molecule has 1 saturated heterocycles. The van der Waals surface area contributed by atoms with Crippen molar-refractivity contribution < 1.29 is 0 Å². The maximum absolute atomic E-state index is 3.88. The Morgan fingerprint density at radius 1 is 1.60 bits per heavy atom. The van der Waals surface area contributed by atoms with Crippen LogP contribution in [0.1, 0.15) is 12.1 Å². The summed E-state index contributed by atoms with van der Waals surface area (Å²) >= 11 is 0. The van der Waals surface area contributed by atoms with Crippen LogP contribution in [0.25, 0.3) is 0 Å². The predicted molar refractivity (Wildman–Crippen MR) is 38.5 cm³/mol. The smallest absolute Gasteiger partial charge is 0.0492 e.